The third-order valence-corrected chi connectivity index (χ3v) is 6.30. The van der Waals surface area contributed by atoms with Crippen LogP contribution in [0.4, 0.5) is 0 Å². The molecule has 0 aliphatic carbocycles. The Balaban J connectivity index is 2.64. The number of likely N-dealkylation sites (N-methyl/N-ethyl adjacent to an activating group) is 1. The number of thiophene rings is 1. The van der Waals surface area contributed by atoms with Crippen molar-refractivity contribution >= 4 is 21.4 Å². The predicted octanol–water partition coefficient (Wildman–Crippen LogP) is 1.52. The molecular weight excluding hydrogens is 294 g/mol. The molecule has 0 bridgehead atoms. The van der Waals surface area contributed by atoms with Crippen molar-refractivity contribution in [3.8, 4) is 0 Å². The molecular formula is C13H25N3O2S2. The van der Waals surface area contributed by atoms with Gasteiger partial charge in [-0.1, -0.05) is 6.92 Å². The summed E-state index contributed by atoms with van der Waals surface area (Å²) in [6.45, 7) is 7.54. The van der Waals surface area contributed by atoms with Crippen LogP contribution in [0.5, 0.6) is 0 Å². The molecule has 0 amide bonds. The lowest BCUT2D eigenvalue weighted by molar-refractivity contribution is 0.256. The van der Waals surface area contributed by atoms with Crippen LogP contribution < -0.4 is 10.5 Å². The lowest BCUT2D eigenvalue weighted by Crippen LogP contribution is -2.37. The highest BCUT2D eigenvalue weighted by atomic mass is 32.2. The van der Waals surface area contributed by atoms with Crippen LogP contribution >= 0.6 is 11.3 Å². The summed E-state index contributed by atoms with van der Waals surface area (Å²) < 4.78 is 27.1. The van der Waals surface area contributed by atoms with E-state index in [0.717, 1.165) is 16.2 Å². The van der Waals surface area contributed by atoms with Crippen molar-refractivity contribution in [3.63, 3.8) is 0 Å². The molecule has 116 valence electrons. The highest BCUT2D eigenvalue weighted by Crippen LogP contribution is 2.25. The van der Waals surface area contributed by atoms with Gasteiger partial charge in [-0.05, 0) is 33.4 Å². The molecule has 1 heterocycles. The van der Waals surface area contributed by atoms with Gasteiger partial charge in [-0.3, -0.25) is 0 Å². The van der Waals surface area contributed by atoms with Gasteiger partial charge in [0, 0.05) is 35.4 Å². The summed E-state index contributed by atoms with van der Waals surface area (Å²) in [4.78, 5) is 4.18. The Bertz CT molecular complexity index is 526. The minimum Gasteiger partial charge on any atom is -0.326 e. The van der Waals surface area contributed by atoms with E-state index < -0.39 is 10.0 Å². The van der Waals surface area contributed by atoms with Gasteiger partial charge in [0.05, 0.1) is 4.90 Å². The fourth-order valence-corrected chi connectivity index (χ4v) is 4.39. The van der Waals surface area contributed by atoms with Gasteiger partial charge >= 0.3 is 0 Å². The summed E-state index contributed by atoms with van der Waals surface area (Å²) in [6.07, 6.45) is 1.05. The van der Waals surface area contributed by atoms with Crippen LogP contribution in [-0.2, 0) is 16.6 Å². The van der Waals surface area contributed by atoms with E-state index >= 15 is 0 Å². The molecule has 7 heteroatoms. The molecule has 0 saturated carbocycles. The monoisotopic (exact) mass is 319 g/mol. The van der Waals surface area contributed by atoms with E-state index in [1.165, 1.54) is 11.3 Å². The second kappa shape index (κ2) is 7.51. The molecule has 3 N–H and O–H groups in total. The van der Waals surface area contributed by atoms with Crippen LogP contribution in [-0.4, -0.2) is 39.5 Å². The van der Waals surface area contributed by atoms with Gasteiger partial charge in [-0.15, -0.1) is 11.3 Å². The number of sulfonamides is 1. The average molecular weight is 319 g/mol. The van der Waals surface area contributed by atoms with Crippen molar-refractivity contribution in [1.29, 1.82) is 0 Å². The second-order valence-corrected chi connectivity index (χ2v) is 8.05. The van der Waals surface area contributed by atoms with E-state index in [1.807, 2.05) is 14.0 Å². The molecule has 1 aromatic rings. The first kappa shape index (κ1) is 17.6. The van der Waals surface area contributed by atoms with Gasteiger partial charge in [0.1, 0.15) is 0 Å². The highest BCUT2D eigenvalue weighted by molar-refractivity contribution is 7.89. The summed E-state index contributed by atoms with van der Waals surface area (Å²) in [6, 6.07) is 2.12. The van der Waals surface area contributed by atoms with Gasteiger partial charge in [0.2, 0.25) is 10.0 Å². The number of aryl methyl sites for hydroxylation is 1. The molecule has 0 aliphatic rings. The number of nitrogens with two attached hydrogens (primary N) is 1. The Morgan fingerprint density at radius 1 is 1.50 bits per heavy atom. The Labute approximate surface area is 126 Å². The van der Waals surface area contributed by atoms with Crippen LogP contribution in [0.25, 0.3) is 0 Å². The summed E-state index contributed by atoms with van der Waals surface area (Å²) in [5.41, 5.74) is 5.55. The first-order valence-corrected chi connectivity index (χ1v) is 9.11. The molecule has 1 unspecified atom stereocenters. The van der Waals surface area contributed by atoms with Crippen molar-refractivity contribution in [2.24, 2.45) is 5.73 Å². The van der Waals surface area contributed by atoms with Crippen LogP contribution in [0.3, 0.4) is 0 Å². The van der Waals surface area contributed by atoms with E-state index in [2.05, 4.69) is 23.5 Å². The first-order chi connectivity index (χ1) is 9.31. The molecule has 20 heavy (non-hydrogen) atoms. The first-order valence-electron chi connectivity index (χ1n) is 6.81. The van der Waals surface area contributed by atoms with Crippen LogP contribution in [0.15, 0.2) is 11.0 Å². The second-order valence-electron chi connectivity index (χ2n) is 4.97. The summed E-state index contributed by atoms with van der Waals surface area (Å²) in [5.74, 6) is 0. The zero-order chi connectivity index (χ0) is 15.3. The Hall–Kier alpha value is -0.470. The fraction of sp³-hybridized carbons (Fsp3) is 0.692. The Morgan fingerprint density at radius 3 is 2.65 bits per heavy atom. The third kappa shape index (κ3) is 4.53. The van der Waals surface area contributed by atoms with Crippen molar-refractivity contribution < 1.29 is 8.42 Å². The summed E-state index contributed by atoms with van der Waals surface area (Å²) >= 11 is 1.43. The lowest BCUT2D eigenvalue weighted by atomic mass is 10.2. The zero-order valence-electron chi connectivity index (χ0n) is 12.6. The highest BCUT2D eigenvalue weighted by Gasteiger charge is 2.19. The van der Waals surface area contributed by atoms with Crippen LogP contribution in [0.1, 0.15) is 30.0 Å². The maximum Gasteiger partial charge on any atom is 0.241 e. The summed E-state index contributed by atoms with van der Waals surface area (Å²) in [7, 11) is -1.43. The van der Waals surface area contributed by atoms with E-state index in [-0.39, 0.29) is 0 Å². The molecule has 0 spiro atoms. The Kier molecular flexibility index (Phi) is 6.60. The van der Waals surface area contributed by atoms with Gasteiger partial charge in [-0.25, -0.2) is 13.1 Å². The number of hydrogen-bond acceptors (Lipinski definition) is 5. The van der Waals surface area contributed by atoms with Crippen molar-refractivity contribution in [3.05, 3.63) is 15.8 Å². The molecule has 0 radical (unpaired) electrons. The van der Waals surface area contributed by atoms with E-state index in [1.54, 1.807) is 6.07 Å². The maximum absolute atomic E-state index is 12.2. The number of hydrogen-bond donors (Lipinski definition) is 2. The predicted molar refractivity (Wildman–Crippen MR) is 84.5 cm³/mol. The lowest BCUT2D eigenvalue weighted by Gasteiger charge is -2.23. The number of rotatable bonds is 8. The molecule has 1 rings (SSSR count). The quantitative estimate of drug-likeness (QED) is 0.762. The van der Waals surface area contributed by atoms with Crippen molar-refractivity contribution in [1.82, 2.24) is 9.62 Å². The minimum atomic E-state index is -3.43. The topological polar surface area (TPSA) is 75.4 Å². The largest absolute Gasteiger partial charge is 0.326 e. The van der Waals surface area contributed by atoms with Crippen molar-refractivity contribution in [2.75, 3.05) is 20.1 Å². The van der Waals surface area contributed by atoms with Crippen molar-refractivity contribution in [2.45, 2.75) is 44.7 Å². The maximum atomic E-state index is 12.2. The third-order valence-electron chi connectivity index (χ3n) is 3.51. The SMILES string of the molecule is CCC(C)N(C)CCNS(=O)(=O)c1cc(CN)sc1C. The van der Waals surface area contributed by atoms with E-state index in [4.69, 9.17) is 5.73 Å². The van der Waals surface area contributed by atoms with E-state index in [9.17, 15) is 8.42 Å². The van der Waals surface area contributed by atoms with Gasteiger partial charge < -0.3 is 10.6 Å². The molecule has 5 nitrogen and oxygen atoms in total. The smallest absolute Gasteiger partial charge is 0.241 e. The summed E-state index contributed by atoms with van der Waals surface area (Å²) in [5, 5.41) is 0. The average Bonchev–Trinajstić information content (AvgIpc) is 2.79. The van der Waals surface area contributed by atoms with Gasteiger partial charge in [0.15, 0.2) is 0 Å². The number of nitrogens with zero attached hydrogens (tertiary/aromatic N) is 1. The molecule has 0 aliphatic heterocycles. The van der Waals surface area contributed by atoms with Gasteiger partial charge in [0.25, 0.3) is 0 Å². The molecule has 0 saturated heterocycles. The van der Waals surface area contributed by atoms with Gasteiger partial charge in [-0.2, -0.15) is 0 Å². The minimum absolute atomic E-state index is 0.356. The Morgan fingerprint density at radius 2 is 2.15 bits per heavy atom. The fourth-order valence-electron chi connectivity index (χ4n) is 1.86. The molecule has 0 fully saturated rings. The molecule has 1 aromatic heterocycles. The van der Waals surface area contributed by atoms with Crippen LogP contribution in [0, 0.1) is 6.92 Å². The standard InChI is InChI=1S/C13H25N3O2S2/c1-5-10(2)16(4)7-6-15-20(17,18)13-8-12(9-14)19-11(13)3/h8,10,15H,5-7,9,14H2,1-4H3. The molecule has 0 aromatic carbocycles. The van der Waals surface area contributed by atoms with Crippen LogP contribution in [0.2, 0.25) is 0 Å². The number of nitrogens with one attached hydrogen (secondary N) is 1. The normalized spacial score (nSPS) is 13.9. The zero-order valence-corrected chi connectivity index (χ0v) is 14.3. The molecule has 1 atom stereocenters. The van der Waals surface area contributed by atoms with E-state index in [0.29, 0.717) is 30.6 Å².